The molecule has 0 bridgehead atoms. The summed E-state index contributed by atoms with van der Waals surface area (Å²) in [5.41, 5.74) is 1.54. The summed E-state index contributed by atoms with van der Waals surface area (Å²) in [7, 11) is 0. The standard InChI is InChI=1S/C20H34N4O/c1-14-9-10-15(2)23(14)17-8-7-11-22(13-17)19(25)18-12-16(3)24(21-18)20(4,5)6/h12,14-15,17H,7-11,13H2,1-6H3/t14-,15+,17-/m0/s1. The zero-order valence-electron chi connectivity index (χ0n) is 16.7. The van der Waals surface area contributed by atoms with E-state index in [4.69, 9.17) is 0 Å². The first kappa shape index (κ1) is 18.4. The summed E-state index contributed by atoms with van der Waals surface area (Å²) in [6.07, 6.45) is 4.85. The Morgan fingerprint density at radius 3 is 2.36 bits per heavy atom. The van der Waals surface area contributed by atoms with Crippen molar-refractivity contribution in [3.8, 4) is 0 Å². The second-order valence-corrected chi connectivity index (χ2v) is 9.02. The lowest BCUT2D eigenvalue weighted by atomic mass is 10.0. The van der Waals surface area contributed by atoms with Crippen LogP contribution in [-0.4, -0.2) is 56.7 Å². The van der Waals surface area contributed by atoms with Crippen LogP contribution in [0.15, 0.2) is 6.07 Å². The maximum Gasteiger partial charge on any atom is 0.274 e. The molecule has 2 aliphatic rings. The van der Waals surface area contributed by atoms with Crippen molar-refractivity contribution in [3.63, 3.8) is 0 Å². The Morgan fingerprint density at radius 2 is 1.80 bits per heavy atom. The molecule has 140 valence electrons. The molecule has 5 heteroatoms. The second kappa shape index (κ2) is 6.75. The SMILES string of the molecule is Cc1cc(C(=O)N2CCC[C@H](N3[C@H](C)CC[C@@H]3C)C2)nn1C(C)(C)C. The van der Waals surface area contributed by atoms with Gasteiger partial charge >= 0.3 is 0 Å². The topological polar surface area (TPSA) is 41.4 Å². The minimum atomic E-state index is -0.104. The molecule has 2 saturated heterocycles. The predicted octanol–water partition coefficient (Wildman–Crippen LogP) is 3.42. The van der Waals surface area contributed by atoms with Crippen LogP contribution in [0.3, 0.4) is 0 Å². The van der Waals surface area contributed by atoms with Crippen molar-refractivity contribution in [1.82, 2.24) is 19.6 Å². The molecule has 0 N–H and O–H groups in total. The van der Waals surface area contributed by atoms with Gasteiger partial charge in [0.25, 0.3) is 5.91 Å². The van der Waals surface area contributed by atoms with E-state index in [0.29, 0.717) is 23.8 Å². The molecule has 1 amide bonds. The number of carbonyl (C=O) groups is 1. The van der Waals surface area contributed by atoms with E-state index in [9.17, 15) is 4.79 Å². The number of rotatable bonds is 2. The van der Waals surface area contributed by atoms with E-state index >= 15 is 0 Å². The normalized spacial score (nSPS) is 28.6. The quantitative estimate of drug-likeness (QED) is 0.824. The minimum absolute atomic E-state index is 0.0929. The Morgan fingerprint density at radius 1 is 1.16 bits per heavy atom. The second-order valence-electron chi connectivity index (χ2n) is 9.02. The number of piperidine rings is 1. The van der Waals surface area contributed by atoms with Gasteiger partial charge in [0.15, 0.2) is 5.69 Å². The van der Waals surface area contributed by atoms with Gasteiger partial charge in [0.1, 0.15) is 0 Å². The third kappa shape index (κ3) is 3.62. The molecule has 0 unspecified atom stereocenters. The lowest BCUT2D eigenvalue weighted by molar-refractivity contribution is 0.0481. The molecule has 3 rings (SSSR count). The summed E-state index contributed by atoms with van der Waals surface area (Å²) < 4.78 is 1.96. The molecule has 1 aromatic rings. The van der Waals surface area contributed by atoms with Crippen LogP contribution in [0.25, 0.3) is 0 Å². The third-order valence-corrected chi connectivity index (χ3v) is 5.87. The highest BCUT2D eigenvalue weighted by Gasteiger charge is 2.37. The predicted molar refractivity (Wildman–Crippen MR) is 101 cm³/mol. The summed E-state index contributed by atoms with van der Waals surface area (Å²) in [6.45, 7) is 14.7. The molecule has 3 heterocycles. The summed E-state index contributed by atoms with van der Waals surface area (Å²) in [5.74, 6) is 0.0929. The number of aromatic nitrogens is 2. The minimum Gasteiger partial charge on any atom is -0.336 e. The lowest BCUT2D eigenvalue weighted by Crippen LogP contribution is -2.52. The van der Waals surface area contributed by atoms with Crippen LogP contribution < -0.4 is 0 Å². The van der Waals surface area contributed by atoms with Crippen LogP contribution >= 0.6 is 0 Å². The largest absolute Gasteiger partial charge is 0.336 e. The fourth-order valence-electron chi connectivity index (χ4n) is 4.74. The fraction of sp³-hybridized carbons (Fsp3) is 0.800. The highest BCUT2D eigenvalue weighted by atomic mass is 16.2. The van der Waals surface area contributed by atoms with Gasteiger partial charge in [-0.1, -0.05) is 0 Å². The molecule has 0 aromatic carbocycles. The Bertz CT molecular complexity index is 620. The van der Waals surface area contributed by atoms with E-state index in [0.717, 1.165) is 25.2 Å². The molecule has 0 spiro atoms. The van der Waals surface area contributed by atoms with Gasteiger partial charge in [0, 0.05) is 36.9 Å². The molecule has 2 aliphatic heterocycles. The van der Waals surface area contributed by atoms with Crippen LogP contribution in [0.2, 0.25) is 0 Å². The molecule has 0 saturated carbocycles. The van der Waals surface area contributed by atoms with Crippen molar-refractivity contribution < 1.29 is 4.79 Å². The van der Waals surface area contributed by atoms with Crippen LogP contribution in [0.1, 0.15) is 76.5 Å². The molecular weight excluding hydrogens is 312 g/mol. The Kier molecular flexibility index (Phi) is 4.97. The van der Waals surface area contributed by atoms with Crippen molar-refractivity contribution in [1.29, 1.82) is 0 Å². The summed E-state index contributed by atoms with van der Waals surface area (Å²) in [4.78, 5) is 17.7. The number of hydrogen-bond donors (Lipinski definition) is 0. The molecule has 0 radical (unpaired) electrons. The van der Waals surface area contributed by atoms with E-state index in [2.05, 4.69) is 44.6 Å². The van der Waals surface area contributed by atoms with Crippen molar-refractivity contribution in [3.05, 3.63) is 17.5 Å². The number of nitrogens with zero attached hydrogens (tertiary/aromatic N) is 4. The van der Waals surface area contributed by atoms with E-state index in [1.165, 1.54) is 19.3 Å². The maximum atomic E-state index is 13.0. The number of hydrogen-bond acceptors (Lipinski definition) is 3. The Hall–Kier alpha value is -1.36. The van der Waals surface area contributed by atoms with Gasteiger partial charge in [-0.2, -0.15) is 5.10 Å². The van der Waals surface area contributed by atoms with Gasteiger partial charge in [-0.3, -0.25) is 14.4 Å². The Balaban J connectivity index is 1.74. The first-order valence-electron chi connectivity index (χ1n) is 9.82. The molecule has 25 heavy (non-hydrogen) atoms. The first-order chi connectivity index (χ1) is 11.7. The van der Waals surface area contributed by atoms with E-state index < -0.39 is 0 Å². The van der Waals surface area contributed by atoms with Gasteiger partial charge in [-0.15, -0.1) is 0 Å². The van der Waals surface area contributed by atoms with E-state index in [1.807, 2.05) is 22.6 Å². The first-order valence-corrected chi connectivity index (χ1v) is 9.82. The zero-order valence-corrected chi connectivity index (χ0v) is 16.7. The fourth-order valence-corrected chi connectivity index (χ4v) is 4.74. The molecule has 2 fully saturated rings. The highest BCUT2D eigenvalue weighted by Crippen LogP contribution is 2.30. The number of aryl methyl sites for hydroxylation is 1. The summed E-state index contributed by atoms with van der Waals surface area (Å²) in [6, 6.07) is 3.71. The van der Waals surface area contributed by atoms with Crippen molar-refractivity contribution in [2.45, 2.75) is 90.9 Å². The molecular formula is C20H34N4O. The average molecular weight is 347 g/mol. The van der Waals surface area contributed by atoms with Gasteiger partial charge in [0.05, 0.1) is 5.54 Å². The highest BCUT2D eigenvalue weighted by molar-refractivity contribution is 5.92. The number of amides is 1. The smallest absolute Gasteiger partial charge is 0.274 e. The monoisotopic (exact) mass is 346 g/mol. The third-order valence-electron chi connectivity index (χ3n) is 5.87. The lowest BCUT2D eigenvalue weighted by Gasteiger charge is -2.41. The molecule has 5 nitrogen and oxygen atoms in total. The van der Waals surface area contributed by atoms with E-state index in [1.54, 1.807) is 0 Å². The van der Waals surface area contributed by atoms with Crippen LogP contribution in [0.5, 0.6) is 0 Å². The maximum absolute atomic E-state index is 13.0. The number of likely N-dealkylation sites (tertiary alicyclic amines) is 2. The number of carbonyl (C=O) groups excluding carboxylic acids is 1. The zero-order chi connectivity index (χ0) is 18.4. The van der Waals surface area contributed by atoms with Crippen molar-refractivity contribution in [2.75, 3.05) is 13.1 Å². The molecule has 3 atom stereocenters. The summed E-state index contributed by atoms with van der Waals surface area (Å²) in [5, 5.41) is 4.62. The van der Waals surface area contributed by atoms with Crippen LogP contribution in [-0.2, 0) is 5.54 Å². The van der Waals surface area contributed by atoms with E-state index in [-0.39, 0.29) is 11.4 Å². The Labute approximate surface area is 152 Å². The molecule has 1 aromatic heterocycles. The van der Waals surface area contributed by atoms with Crippen LogP contribution in [0, 0.1) is 6.92 Å². The molecule has 0 aliphatic carbocycles. The van der Waals surface area contributed by atoms with Gasteiger partial charge < -0.3 is 4.90 Å². The van der Waals surface area contributed by atoms with Crippen LogP contribution in [0.4, 0.5) is 0 Å². The van der Waals surface area contributed by atoms with Crippen molar-refractivity contribution >= 4 is 5.91 Å². The van der Waals surface area contributed by atoms with Gasteiger partial charge in [0.2, 0.25) is 0 Å². The average Bonchev–Trinajstić information content (AvgIpc) is 3.09. The summed E-state index contributed by atoms with van der Waals surface area (Å²) >= 11 is 0. The van der Waals surface area contributed by atoms with Gasteiger partial charge in [-0.05, 0) is 73.3 Å². The van der Waals surface area contributed by atoms with Gasteiger partial charge in [-0.25, -0.2) is 0 Å². The van der Waals surface area contributed by atoms with Crippen molar-refractivity contribution in [2.24, 2.45) is 0 Å².